The normalized spacial score (nSPS) is 10.2. The molecule has 0 radical (unpaired) electrons. The summed E-state index contributed by atoms with van der Waals surface area (Å²) in [4.78, 5) is 23.5. The molecule has 1 N–H and O–H groups in total. The number of hydrogen-bond donors (Lipinski definition) is 1. The molecule has 0 unspecified atom stereocenters. The van der Waals surface area contributed by atoms with Crippen molar-refractivity contribution < 1.29 is 18.7 Å². The van der Waals surface area contributed by atoms with E-state index in [1.165, 1.54) is 18.2 Å². The average Bonchev–Trinajstić information content (AvgIpc) is 2.50. The molecule has 120 valence electrons. The van der Waals surface area contributed by atoms with Crippen LogP contribution in [-0.4, -0.2) is 18.5 Å². The Morgan fingerprint density at radius 1 is 1.22 bits per heavy atom. The number of halogens is 2. The molecule has 0 spiro atoms. The monoisotopic (exact) mass is 335 g/mol. The second-order valence-electron chi connectivity index (χ2n) is 4.93. The molecule has 0 aliphatic heterocycles. The van der Waals surface area contributed by atoms with Crippen molar-refractivity contribution in [3.8, 4) is 0 Å². The van der Waals surface area contributed by atoms with Crippen LogP contribution in [0, 0.1) is 12.7 Å². The zero-order valence-corrected chi connectivity index (χ0v) is 13.2. The highest BCUT2D eigenvalue weighted by Crippen LogP contribution is 2.22. The van der Waals surface area contributed by atoms with Gasteiger partial charge in [0, 0.05) is 10.7 Å². The summed E-state index contributed by atoms with van der Waals surface area (Å²) in [5.41, 5.74) is 1.78. The van der Waals surface area contributed by atoms with Crippen LogP contribution in [-0.2, 0) is 20.7 Å². The van der Waals surface area contributed by atoms with Gasteiger partial charge in [-0.15, -0.1) is 0 Å². The molecule has 2 rings (SSSR count). The molecule has 2 aromatic rings. The Hall–Kier alpha value is -2.40. The molecule has 6 heteroatoms. The number of anilines is 1. The summed E-state index contributed by atoms with van der Waals surface area (Å²) in [5.74, 6) is -1.50. The number of ether oxygens (including phenoxy) is 1. The number of esters is 1. The molecular weight excluding hydrogens is 321 g/mol. The van der Waals surface area contributed by atoms with E-state index >= 15 is 0 Å². The first-order valence-electron chi connectivity index (χ1n) is 6.91. The maximum atomic E-state index is 13.0. The molecule has 0 saturated carbocycles. The van der Waals surface area contributed by atoms with Gasteiger partial charge in [0.05, 0.1) is 6.42 Å². The number of nitrogens with one attached hydrogen (secondary N) is 1. The minimum Gasteiger partial charge on any atom is -0.455 e. The highest BCUT2D eigenvalue weighted by Gasteiger charge is 2.11. The largest absolute Gasteiger partial charge is 0.455 e. The van der Waals surface area contributed by atoms with E-state index in [4.69, 9.17) is 16.3 Å². The first kappa shape index (κ1) is 17.0. The smallest absolute Gasteiger partial charge is 0.310 e. The predicted molar refractivity (Wildman–Crippen MR) is 85.9 cm³/mol. The summed E-state index contributed by atoms with van der Waals surface area (Å²) in [6.07, 6.45) is -0.0960. The van der Waals surface area contributed by atoms with E-state index in [0.717, 1.165) is 5.56 Å². The summed E-state index contributed by atoms with van der Waals surface area (Å²) < 4.78 is 17.9. The third-order valence-corrected chi connectivity index (χ3v) is 3.55. The maximum absolute atomic E-state index is 13.0. The van der Waals surface area contributed by atoms with Crippen LogP contribution < -0.4 is 5.32 Å². The number of carbonyl (C=O) groups excluding carboxylic acids is 2. The standard InChI is InChI=1S/C17H15ClFNO3/c1-11-14(18)6-3-7-15(11)20-16(21)10-23-17(22)9-12-4-2-5-13(19)8-12/h2-8H,9-10H2,1H3,(H,20,21). The van der Waals surface area contributed by atoms with Crippen molar-refractivity contribution in [2.45, 2.75) is 13.3 Å². The lowest BCUT2D eigenvalue weighted by Crippen LogP contribution is -2.22. The zero-order valence-electron chi connectivity index (χ0n) is 12.4. The SMILES string of the molecule is Cc1c(Cl)cccc1NC(=O)COC(=O)Cc1cccc(F)c1. The van der Waals surface area contributed by atoms with Gasteiger partial charge in [0.1, 0.15) is 5.82 Å². The molecule has 0 aliphatic rings. The lowest BCUT2D eigenvalue weighted by atomic mass is 10.1. The van der Waals surface area contributed by atoms with Crippen LogP contribution in [0.1, 0.15) is 11.1 Å². The number of carbonyl (C=O) groups is 2. The van der Waals surface area contributed by atoms with Crippen molar-refractivity contribution in [1.29, 1.82) is 0 Å². The van der Waals surface area contributed by atoms with E-state index in [1.54, 1.807) is 31.2 Å². The van der Waals surface area contributed by atoms with Crippen molar-refractivity contribution in [2.75, 3.05) is 11.9 Å². The van der Waals surface area contributed by atoms with Crippen LogP contribution >= 0.6 is 11.6 Å². The summed E-state index contributed by atoms with van der Waals surface area (Å²) in [5, 5.41) is 3.15. The van der Waals surface area contributed by atoms with Gasteiger partial charge in [0.2, 0.25) is 0 Å². The van der Waals surface area contributed by atoms with Gasteiger partial charge < -0.3 is 10.1 Å². The molecule has 0 aliphatic carbocycles. The van der Waals surface area contributed by atoms with Gasteiger partial charge >= 0.3 is 5.97 Å². The number of hydrogen-bond acceptors (Lipinski definition) is 3. The number of benzene rings is 2. The van der Waals surface area contributed by atoms with Crippen molar-refractivity contribution >= 4 is 29.2 Å². The van der Waals surface area contributed by atoms with Gasteiger partial charge in [-0.05, 0) is 42.3 Å². The van der Waals surface area contributed by atoms with Crippen LogP contribution in [0.2, 0.25) is 5.02 Å². The third kappa shape index (κ3) is 5.07. The Kier molecular flexibility index (Phi) is 5.71. The fourth-order valence-corrected chi connectivity index (χ4v) is 2.11. The Labute approximate surface area is 138 Å². The van der Waals surface area contributed by atoms with Crippen molar-refractivity contribution in [2.24, 2.45) is 0 Å². The molecule has 0 saturated heterocycles. The van der Waals surface area contributed by atoms with E-state index in [9.17, 15) is 14.0 Å². The first-order valence-corrected chi connectivity index (χ1v) is 7.28. The highest BCUT2D eigenvalue weighted by atomic mass is 35.5. The molecule has 0 heterocycles. The highest BCUT2D eigenvalue weighted by molar-refractivity contribution is 6.31. The van der Waals surface area contributed by atoms with E-state index < -0.39 is 24.3 Å². The number of rotatable bonds is 5. The van der Waals surface area contributed by atoms with E-state index in [1.807, 2.05) is 0 Å². The second kappa shape index (κ2) is 7.74. The van der Waals surface area contributed by atoms with Gasteiger partial charge in [-0.25, -0.2) is 4.39 Å². The van der Waals surface area contributed by atoms with E-state index in [0.29, 0.717) is 16.3 Å². The van der Waals surface area contributed by atoms with Crippen molar-refractivity contribution in [1.82, 2.24) is 0 Å². The first-order chi connectivity index (χ1) is 11.0. The average molecular weight is 336 g/mol. The molecule has 2 aromatic carbocycles. The molecule has 0 bridgehead atoms. The van der Waals surface area contributed by atoms with Crippen LogP contribution in [0.15, 0.2) is 42.5 Å². The van der Waals surface area contributed by atoms with Crippen molar-refractivity contribution in [3.05, 3.63) is 64.4 Å². The Balaban J connectivity index is 1.84. The van der Waals surface area contributed by atoms with E-state index in [-0.39, 0.29) is 6.42 Å². The minimum atomic E-state index is -0.603. The van der Waals surface area contributed by atoms with Gasteiger partial charge in [0.15, 0.2) is 6.61 Å². The molecule has 0 fully saturated rings. The van der Waals surface area contributed by atoms with Gasteiger partial charge in [-0.1, -0.05) is 29.8 Å². The molecule has 1 amide bonds. The molecule has 23 heavy (non-hydrogen) atoms. The maximum Gasteiger partial charge on any atom is 0.310 e. The molecule has 0 aromatic heterocycles. The Morgan fingerprint density at radius 2 is 1.96 bits per heavy atom. The topological polar surface area (TPSA) is 55.4 Å². The lowest BCUT2D eigenvalue weighted by molar-refractivity contribution is -0.146. The van der Waals surface area contributed by atoms with Gasteiger partial charge in [0.25, 0.3) is 5.91 Å². The zero-order chi connectivity index (χ0) is 16.8. The molecule has 0 atom stereocenters. The fraction of sp³-hybridized carbons (Fsp3) is 0.176. The van der Waals surface area contributed by atoms with Gasteiger partial charge in [-0.2, -0.15) is 0 Å². The summed E-state index contributed by atoms with van der Waals surface area (Å²) in [7, 11) is 0. The quantitative estimate of drug-likeness (QED) is 0.851. The van der Waals surface area contributed by atoms with Crippen LogP contribution in [0.4, 0.5) is 10.1 Å². The summed E-state index contributed by atoms with van der Waals surface area (Å²) in [6.45, 7) is 1.36. The lowest BCUT2D eigenvalue weighted by Gasteiger charge is -2.10. The van der Waals surface area contributed by atoms with Crippen LogP contribution in [0.25, 0.3) is 0 Å². The second-order valence-corrected chi connectivity index (χ2v) is 5.34. The Morgan fingerprint density at radius 3 is 2.70 bits per heavy atom. The summed E-state index contributed by atoms with van der Waals surface area (Å²) >= 11 is 5.96. The van der Waals surface area contributed by atoms with Crippen LogP contribution in [0.3, 0.4) is 0 Å². The minimum absolute atomic E-state index is 0.0960. The summed E-state index contributed by atoms with van der Waals surface area (Å²) in [6, 6.07) is 10.8. The molecule has 4 nitrogen and oxygen atoms in total. The third-order valence-electron chi connectivity index (χ3n) is 3.14. The van der Waals surface area contributed by atoms with Crippen LogP contribution in [0.5, 0.6) is 0 Å². The van der Waals surface area contributed by atoms with Crippen molar-refractivity contribution in [3.63, 3.8) is 0 Å². The van der Waals surface area contributed by atoms with Gasteiger partial charge in [-0.3, -0.25) is 9.59 Å². The predicted octanol–water partition coefficient (Wildman–Crippen LogP) is 3.51. The fourth-order valence-electron chi connectivity index (χ4n) is 1.94. The Bertz CT molecular complexity index is 734. The molecular formula is C17H15ClFNO3. The number of amides is 1. The van der Waals surface area contributed by atoms with E-state index in [2.05, 4.69) is 5.32 Å².